The van der Waals surface area contributed by atoms with Crippen LogP contribution in [0.5, 0.6) is 5.75 Å². The summed E-state index contributed by atoms with van der Waals surface area (Å²) < 4.78 is 5.73. The summed E-state index contributed by atoms with van der Waals surface area (Å²) >= 11 is 0. The van der Waals surface area contributed by atoms with Crippen LogP contribution in [0.1, 0.15) is 38.2 Å². The predicted molar refractivity (Wildman–Crippen MR) is 126 cm³/mol. The molecule has 2 saturated heterocycles. The molecule has 0 atom stereocenters. The molecule has 2 aliphatic rings. The van der Waals surface area contributed by atoms with Crippen molar-refractivity contribution in [2.75, 3.05) is 66.0 Å². The van der Waals surface area contributed by atoms with E-state index in [2.05, 4.69) is 45.2 Å². The second kappa shape index (κ2) is 12.5. The summed E-state index contributed by atoms with van der Waals surface area (Å²) in [6.45, 7) is 9.71. The third-order valence-corrected chi connectivity index (χ3v) is 6.02. The van der Waals surface area contributed by atoms with Gasteiger partial charge in [0.1, 0.15) is 5.75 Å². The maximum Gasteiger partial charge on any atom is 0.236 e. The molecular formula is C24H39N5O2. The zero-order chi connectivity index (χ0) is 21.9. The molecule has 0 aliphatic carbocycles. The van der Waals surface area contributed by atoms with E-state index >= 15 is 0 Å². The molecule has 31 heavy (non-hydrogen) atoms. The smallest absolute Gasteiger partial charge is 0.236 e. The number of aliphatic imine (C=N–C) groups is 1. The summed E-state index contributed by atoms with van der Waals surface area (Å²) in [6, 6.07) is 8.33. The molecule has 3 rings (SSSR count). The molecule has 7 heteroatoms. The fourth-order valence-electron chi connectivity index (χ4n) is 4.21. The molecule has 2 heterocycles. The third-order valence-electron chi connectivity index (χ3n) is 6.02. The maximum atomic E-state index is 12.5. The number of piperidine rings is 1. The van der Waals surface area contributed by atoms with Crippen LogP contribution >= 0.6 is 0 Å². The first-order valence-corrected chi connectivity index (χ1v) is 11.9. The molecule has 1 amide bonds. The Kier molecular flexibility index (Phi) is 9.46. The van der Waals surface area contributed by atoms with Crippen LogP contribution in [-0.2, 0) is 11.2 Å². The van der Waals surface area contributed by atoms with Crippen molar-refractivity contribution in [3.63, 3.8) is 0 Å². The summed E-state index contributed by atoms with van der Waals surface area (Å²) in [7, 11) is 1.84. The fraction of sp³-hybridized carbons (Fsp3) is 0.667. The summed E-state index contributed by atoms with van der Waals surface area (Å²) in [4.78, 5) is 23.6. The Hall–Kier alpha value is -2.28. The van der Waals surface area contributed by atoms with E-state index in [0.29, 0.717) is 12.5 Å². The minimum atomic E-state index is 0.292. The van der Waals surface area contributed by atoms with E-state index in [1.807, 2.05) is 18.0 Å². The van der Waals surface area contributed by atoms with Crippen molar-refractivity contribution in [2.45, 2.75) is 39.0 Å². The highest BCUT2D eigenvalue weighted by atomic mass is 16.5. The number of piperazine rings is 1. The van der Waals surface area contributed by atoms with Crippen LogP contribution in [0.2, 0.25) is 0 Å². The van der Waals surface area contributed by atoms with E-state index in [1.54, 1.807) is 0 Å². The number of nitrogens with zero attached hydrogens (tertiary/aromatic N) is 4. The zero-order valence-corrected chi connectivity index (χ0v) is 19.3. The Morgan fingerprint density at radius 3 is 2.55 bits per heavy atom. The molecule has 2 fully saturated rings. The minimum Gasteiger partial charge on any atom is -0.494 e. The van der Waals surface area contributed by atoms with Crippen molar-refractivity contribution in [2.24, 2.45) is 4.99 Å². The van der Waals surface area contributed by atoms with Crippen LogP contribution in [-0.4, -0.2) is 92.6 Å². The highest BCUT2D eigenvalue weighted by Crippen LogP contribution is 2.14. The Morgan fingerprint density at radius 2 is 1.84 bits per heavy atom. The van der Waals surface area contributed by atoms with E-state index in [1.165, 1.54) is 12.0 Å². The lowest BCUT2D eigenvalue weighted by molar-refractivity contribution is -0.133. The van der Waals surface area contributed by atoms with Crippen LogP contribution < -0.4 is 10.1 Å². The highest BCUT2D eigenvalue weighted by molar-refractivity contribution is 5.80. The second-order valence-corrected chi connectivity index (χ2v) is 8.42. The van der Waals surface area contributed by atoms with Crippen molar-refractivity contribution < 1.29 is 9.53 Å². The zero-order valence-electron chi connectivity index (χ0n) is 19.3. The van der Waals surface area contributed by atoms with Crippen molar-refractivity contribution in [1.82, 2.24) is 20.0 Å². The number of amides is 1. The lowest BCUT2D eigenvalue weighted by atomic mass is 10.1. The van der Waals surface area contributed by atoms with Gasteiger partial charge in [-0.25, -0.2) is 0 Å². The molecule has 0 spiro atoms. The Morgan fingerprint density at radius 1 is 1.06 bits per heavy atom. The van der Waals surface area contributed by atoms with Gasteiger partial charge in [-0.15, -0.1) is 0 Å². The van der Waals surface area contributed by atoms with E-state index < -0.39 is 0 Å². The van der Waals surface area contributed by atoms with Gasteiger partial charge in [0, 0.05) is 52.9 Å². The molecule has 0 unspecified atom stereocenters. The molecule has 0 saturated carbocycles. The number of guanidine groups is 1. The first kappa shape index (κ1) is 23.4. The van der Waals surface area contributed by atoms with Gasteiger partial charge in [-0.3, -0.25) is 14.7 Å². The number of likely N-dealkylation sites (tertiary alicyclic amines) is 1. The SMILES string of the molecule is CCCOc1cccc(CCNC(=NC)N2CCN(CC(=O)N3CCCCC3)CC2)c1. The molecule has 1 aromatic rings. The molecule has 0 radical (unpaired) electrons. The summed E-state index contributed by atoms with van der Waals surface area (Å²) in [5.74, 6) is 2.18. The molecule has 1 N–H and O–H groups in total. The first-order chi connectivity index (χ1) is 15.2. The van der Waals surface area contributed by atoms with Gasteiger partial charge in [-0.2, -0.15) is 0 Å². The summed E-state index contributed by atoms with van der Waals surface area (Å²) in [5.41, 5.74) is 1.26. The normalized spacial score (nSPS) is 18.2. The van der Waals surface area contributed by atoms with Crippen LogP contribution in [0.25, 0.3) is 0 Å². The van der Waals surface area contributed by atoms with E-state index in [4.69, 9.17) is 4.74 Å². The van der Waals surface area contributed by atoms with Gasteiger partial charge in [-0.1, -0.05) is 19.1 Å². The van der Waals surface area contributed by atoms with Crippen molar-refractivity contribution in [3.05, 3.63) is 29.8 Å². The average molecular weight is 430 g/mol. The lowest BCUT2D eigenvalue weighted by Gasteiger charge is -2.37. The van der Waals surface area contributed by atoms with Crippen LogP contribution in [0.4, 0.5) is 0 Å². The number of ether oxygens (including phenoxy) is 1. The Balaban J connectivity index is 1.38. The van der Waals surface area contributed by atoms with Crippen molar-refractivity contribution in [3.8, 4) is 5.75 Å². The monoisotopic (exact) mass is 429 g/mol. The number of rotatable bonds is 8. The van der Waals surface area contributed by atoms with Crippen molar-refractivity contribution >= 4 is 11.9 Å². The third kappa shape index (κ3) is 7.42. The van der Waals surface area contributed by atoms with Crippen LogP contribution in [0, 0.1) is 0 Å². The van der Waals surface area contributed by atoms with Crippen LogP contribution in [0.3, 0.4) is 0 Å². The van der Waals surface area contributed by atoms with E-state index in [0.717, 1.165) is 89.8 Å². The predicted octanol–water partition coefficient (Wildman–Crippen LogP) is 2.22. The topological polar surface area (TPSA) is 60.4 Å². The van der Waals surface area contributed by atoms with Crippen LogP contribution in [0.15, 0.2) is 29.3 Å². The highest BCUT2D eigenvalue weighted by Gasteiger charge is 2.23. The quantitative estimate of drug-likeness (QED) is 0.507. The van der Waals surface area contributed by atoms with Gasteiger partial charge >= 0.3 is 0 Å². The van der Waals surface area contributed by atoms with Gasteiger partial charge in [0.25, 0.3) is 0 Å². The number of carbonyl (C=O) groups excluding carboxylic acids is 1. The van der Waals surface area contributed by atoms with E-state index in [9.17, 15) is 4.79 Å². The van der Waals surface area contributed by atoms with Gasteiger partial charge in [0.15, 0.2) is 5.96 Å². The second-order valence-electron chi connectivity index (χ2n) is 8.42. The summed E-state index contributed by atoms with van der Waals surface area (Å²) in [6.07, 6.45) is 5.50. The summed E-state index contributed by atoms with van der Waals surface area (Å²) in [5, 5.41) is 3.50. The number of benzene rings is 1. The van der Waals surface area contributed by atoms with Gasteiger partial charge in [-0.05, 0) is 49.8 Å². The number of hydrogen-bond donors (Lipinski definition) is 1. The van der Waals surface area contributed by atoms with Gasteiger partial charge in [0.2, 0.25) is 5.91 Å². The van der Waals surface area contributed by atoms with Gasteiger partial charge in [0.05, 0.1) is 13.2 Å². The van der Waals surface area contributed by atoms with Crippen molar-refractivity contribution in [1.29, 1.82) is 0 Å². The Bertz CT molecular complexity index is 710. The largest absolute Gasteiger partial charge is 0.494 e. The number of nitrogens with one attached hydrogen (secondary N) is 1. The molecule has 0 bridgehead atoms. The number of hydrogen-bond acceptors (Lipinski definition) is 4. The maximum absolute atomic E-state index is 12.5. The fourth-order valence-corrected chi connectivity index (χ4v) is 4.21. The lowest BCUT2D eigenvalue weighted by Crippen LogP contribution is -2.54. The number of carbonyl (C=O) groups is 1. The van der Waals surface area contributed by atoms with Gasteiger partial charge < -0.3 is 19.9 Å². The molecule has 0 aromatic heterocycles. The Labute approximate surface area is 187 Å². The minimum absolute atomic E-state index is 0.292. The molecular weight excluding hydrogens is 390 g/mol. The molecule has 172 valence electrons. The average Bonchev–Trinajstić information content (AvgIpc) is 2.82. The van der Waals surface area contributed by atoms with E-state index in [-0.39, 0.29) is 0 Å². The molecule has 1 aromatic carbocycles. The molecule has 7 nitrogen and oxygen atoms in total. The standard InChI is InChI=1S/C24H39N5O2/c1-3-18-31-22-9-7-8-21(19-22)10-11-26-24(25-2)29-16-14-27(15-17-29)20-23(30)28-12-5-4-6-13-28/h7-9,19H,3-6,10-18,20H2,1-2H3,(H,25,26). The molecule has 2 aliphatic heterocycles. The first-order valence-electron chi connectivity index (χ1n) is 11.9.